The molecule has 0 atom stereocenters. The van der Waals surface area contributed by atoms with E-state index in [2.05, 4.69) is 4.98 Å². The molecule has 1 fully saturated rings. The molecule has 1 aliphatic rings. The number of benzene rings is 1. The second-order valence-electron chi connectivity index (χ2n) is 8.27. The first-order valence-corrected chi connectivity index (χ1v) is 11.2. The summed E-state index contributed by atoms with van der Waals surface area (Å²) in [6.45, 7) is 5.42. The van der Waals surface area contributed by atoms with Crippen LogP contribution in [0.2, 0.25) is 5.02 Å². The molecule has 1 aromatic carbocycles. The number of pyridine rings is 1. The van der Waals surface area contributed by atoms with Crippen molar-refractivity contribution in [1.29, 1.82) is 0 Å². The Bertz CT molecular complexity index is 1260. The van der Waals surface area contributed by atoms with Crippen molar-refractivity contribution in [2.24, 2.45) is 5.92 Å². The van der Waals surface area contributed by atoms with Crippen molar-refractivity contribution in [3.8, 4) is 11.1 Å². The molecular formula is C25H26ClN3O3. The van der Waals surface area contributed by atoms with Crippen LogP contribution in [0, 0.1) is 12.8 Å². The van der Waals surface area contributed by atoms with Gasteiger partial charge in [-0.3, -0.25) is 9.59 Å². The number of piperidine rings is 1. The van der Waals surface area contributed by atoms with Crippen molar-refractivity contribution < 1.29 is 9.59 Å². The van der Waals surface area contributed by atoms with Gasteiger partial charge in [-0.25, -0.2) is 0 Å². The van der Waals surface area contributed by atoms with Gasteiger partial charge in [-0.05, 0) is 50.5 Å². The summed E-state index contributed by atoms with van der Waals surface area (Å²) in [7, 11) is 0. The Morgan fingerprint density at radius 3 is 2.66 bits per heavy atom. The first-order chi connectivity index (χ1) is 15.4. The molecule has 1 saturated heterocycles. The molecule has 2 aromatic heterocycles. The molecule has 4 rings (SSSR count). The van der Waals surface area contributed by atoms with Crippen LogP contribution in [0.5, 0.6) is 0 Å². The fraction of sp³-hybridized carbons (Fsp3) is 0.320. The fourth-order valence-electron chi connectivity index (χ4n) is 4.25. The summed E-state index contributed by atoms with van der Waals surface area (Å²) in [5, 5.41) is 1.20. The number of aromatic nitrogens is 2. The SMILES string of the molecule is C/C=C/Cn1cc(-c2ccc(C(=O)N3CCC(C=O)CC3)c(Cl)c2)c2cc(C)[nH]c2c1=O. The zero-order chi connectivity index (χ0) is 22.8. The predicted octanol–water partition coefficient (Wildman–Crippen LogP) is 4.59. The van der Waals surface area contributed by atoms with Crippen LogP contribution in [0.15, 0.2) is 47.4 Å². The number of aromatic amines is 1. The average Bonchev–Trinajstić information content (AvgIpc) is 3.20. The Morgan fingerprint density at radius 1 is 1.25 bits per heavy atom. The van der Waals surface area contributed by atoms with Gasteiger partial charge >= 0.3 is 0 Å². The molecule has 0 unspecified atom stereocenters. The molecule has 6 nitrogen and oxygen atoms in total. The second kappa shape index (κ2) is 9.17. The topological polar surface area (TPSA) is 75.2 Å². The molecule has 1 aliphatic heterocycles. The highest BCUT2D eigenvalue weighted by Crippen LogP contribution is 2.31. The number of carbonyl (C=O) groups excluding carboxylic acids is 2. The molecule has 0 radical (unpaired) electrons. The zero-order valence-electron chi connectivity index (χ0n) is 18.2. The standard InChI is InChI=1S/C25H26ClN3O3/c1-3-4-9-29-14-21(20-12-16(2)27-23(20)25(29)32)18-5-6-19(22(26)13-18)24(31)28-10-7-17(15-30)8-11-28/h3-6,12-15,17,27H,7-11H2,1-2H3/b4-3+. The molecular weight excluding hydrogens is 426 g/mol. The Labute approximate surface area is 191 Å². The van der Waals surface area contributed by atoms with Crippen LogP contribution < -0.4 is 5.56 Å². The van der Waals surface area contributed by atoms with E-state index in [-0.39, 0.29) is 17.4 Å². The average molecular weight is 452 g/mol. The molecule has 166 valence electrons. The number of hydrogen-bond donors (Lipinski definition) is 1. The highest BCUT2D eigenvalue weighted by molar-refractivity contribution is 6.34. The van der Waals surface area contributed by atoms with Gasteiger partial charge in [-0.2, -0.15) is 0 Å². The molecule has 0 bridgehead atoms. The third-order valence-corrected chi connectivity index (χ3v) is 6.38. The number of H-pyrrole nitrogens is 1. The number of aryl methyl sites for hydroxylation is 1. The van der Waals surface area contributed by atoms with Gasteiger partial charge < -0.3 is 19.2 Å². The monoisotopic (exact) mass is 451 g/mol. The number of amides is 1. The molecule has 1 amide bonds. The highest BCUT2D eigenvalue weighted by atomic mass is 35.5. The Hall–Kier alpha value is -3.12. The number of hydrogen-bond acceptors (Lipinski definition) is 3. The number of fused-ring (bicyclic) bond motifs is 1. The van der Waals surface area contributed by atoms with Gasteiger partial charge in [0.25, 0.3) is 11.5 Å². The Balaban J connectivity index is 1.71. The third-order valence-electron chi connectivity index (χ3n) is 6.07. The van der Waals surface area contributed by atoms with Gasteiger partial charge in [0.15, 0.2) is 0 Å². The number of nitrogens with zero attached hydrogens (tertiary/aromatic N) is 2. The van der Waals surface area contributed by atoms with Crippen LogP contribution in [0.3, 0.4) is 0 Å². The number of halogens is 1. The van der Waals surface area contributed by atoms with Crippen molar-refractivity contribution in [3.63, 3.8) is 0 Å². The maximum atomic E-state index is 13.0. The summed E-state index contributed by atoms with van der Waals surface area (Å²) in [6, 6.07) is 7.36. The highest BCUT2D eigenvalue weighted by Gasteiger charge is 2.25. The number of aldehydes is 1. The van der Waals surface area contributed by atoms with E-state index in [9.17, 15) is 14.4 Å². The van der Waals surface area contributed by atoms with E-state index in [0.29, 0.717) is 48.6 Å². The number of nitrogens with one attached hydrogen (secondary N) is 1. The van der Waals surface area contributed by atoms with E-state index in [0.717, 1.165) is 28.5 Å². The maximum absolute atomic E-state index is 13.0. The lowest BCUT2D eigenvalue weighted by Gasteiger charge is -2.30. The van der Waals surface area contributed by atoms with Crippen LogP contribution in [-0.4, -0.2) is 39.7 Å². The van der Waals surface area contributed by atoms with Gasteiger partial charge in [0.2, 0.25) is 0 Å². The number of allylic oxidation sites excluding steroid dienone is 2. The van der Waals surface area contributed by atoms with Crippen molar-refractivity contribution >= 4 is 34.7 Å². The molecule has 3 aromatic rings. The second-order valence-corrected chi connectivity index (χ2v) is 8.68. The smallest absolute Gasteiger partial charge is 0.275 e. The molecule has 1 N–H and O–H groups in total. The largest absolute Gasteiger partial charge is 0.354 e. The van der Waals surface area contributed by atoms with E-state index >= 15 is 0 Å². The van der Waals surface area contributed by atoms with Crippen LogP contribution >= 0.6 is 11.6 Å². The summed E-state index contributed by atoms with van der Waals surface area (Å²) in [5.41, 5.74) is 3.54. The zero-order valence-corrected chi connectivity index (χ0v) is 19.0. The lowest BCUT2D eigenvalue weighted by molar-refractivity contribution is -0.112. The minimum Gasteiger partial charge on any atom is -0.354 e. The normalized spacial score (nSPS) is 15.0. The van der Waals surface area contributed by atoms with Gasteiger partial charge in [0, 0.05) is 48.4 Å². The first kappa shape index (κ1) is 22.1. The molecule has 7 heteroatoms. The molecule has 0 spiro atoms. The lowest BCUT2D eigenvalue weighted by atomic mass is 9.97. The molecule has 0 saturated carbocycles. The summed E-state index contributed by atoms with van der Waals surface area (Å²) in [6.07, 6.45) is 8.02. The van der Waals surface area contributed by atoms with Gasteiger partial charge in [0.1, 0.15) is 11.8 Å². The maximum Gasteiger partial charge on any atom is 0.275 e. The summed E-state index contributed by atoms with van der Waals surface area (Å²) >= 11 is 6.57. The first-order valence-electron chi connectivity index (χ1n) is 10.8. The van der Waals surface area contributed by atoms with E-state index < -0.39 is 0 Å². The van der Waals surface area contributed by atoms with Crippen LogP contribution in [-0.2, 0) is 11.3 Å². The number of carbonyl (C=O) groups is 2. The van der Waals surface area contributed by atoms with E-state index in [1.54, 1.807) is 21.6 Å². The molecule has 3 heterocycles. The van der Waals surface area contributed by atoms with Crippen molar-refractivity contribution in [3.05, 3.63) is 69.2 Å². The Kier molecular flexibility index (Phi) is 6.33. The quantitative estimate of drug-likeness (QED) is 0.455. The van der Waals surface area contributed by atoms with Crippen LogP contribution in [0.1, 0.15) is 35.8 Å². The predicted molar refractivity (Wildman–Crippen MR) is 127 cm³/mol. The van der Waals surface area contributed by atoms with Crippen molar-refractivity contribution in [2.75, 3.05) is 13.1 Å². The minimum atomic E-state index is -0.119. The van der Waals surface area contributed by atoms with Crippen LogP contribution in [0.4, 0.5) is 0 Å². The third kappa shape index (κ3) is 4.15. The summed E-state index contributed by atoms with van der Waals surface area (Å²) in [5.74, 6) is -0.0889. The van der Waals surface area contributed by atoms with E-state index in [4.69, 9.17) is 11.6 Å². The molecule has 0 aliphatic carbocycles. The number of rotatable bonds is 5. The van der Waals surface area contributed by atoms with Crippen molar-refractivity contribution in [2.45, 2.75) is 33.2 Å². The summed E-state index contributed by atoms with van der Waals surface area (Å²) < 4.78 is 1.66. The van der Waals surface area contributed by atoms with E-state index in [1.807, 2.05) is 44.3 Å². The Morgan fingerprint density at radius 2 is 2.00 bits per heavy atom. The number of likely N-dealkylation sites (tertiary alicyclic amines) is 1. The fourth-order valence-corrected chi connectivity index (χ4v) is 4.51. The van der Waals surface area contributed by atoms with Gasteiger partial charge in [0.05, 0.1) is 10.6 Å². The minimum absolute atomic E-state index is 0.0300. The van der Waals surface area contributed by atoms with Crippen molar-refractivity contribution in [1.82, 2.24) is 14.5 Å². The molecule has 32 heavy (non-hydrogen) atoms. The lowest BCUT2D eigenvalue weighted by Crippen LogP contribution is -2.38. The van der Waals surface area contributed by atoms with E-state index in [1.165, 1.54) is 0 Å². The van der Waals surface area contributed by atoms with Gasteiger partial charge in [-0.15, -0.1) is 0 Å². The summed E-state index contributed by atoms with van der Waals surface area (Å²) in [4.78, 5) is 41.8. The van der Waals surface area contributed by atoms with Crippen LogP contribution in [0.25, 0.3) is 22.0 Å². The van der Waals surface area contributed by atoms with Gasteiger partial charge in [-0.1, -0.05) is 29.8 Å².